The van der Waals surface area contributed by atoms with Crippen molar-refractivity contribution in [1.82, 2.24) is 5.32 Å². The molecule has 3 heteroatoms. The van der Waals surface area contributed by atoms with Gasteiger partial charge >= 0.3 is 0 Å². The number of hydrogen-bond acceptors (Lipinski definition) is 1. The van der Waals surface area contributed by atoms with Crippen LogP contribution in [0.2, 0.25) is 5.02 Å². The van der Waals surface area contributed by atoms with E-state index in [-0.39, 0.29) is 5.91 Å². The van der Waals surface area contributed by atoms with Crippen molar-refractivity contribution in [2.24, 2.45) is 5.92 Å². The van der Waals surface area contributed by atoms with Gasteiger partial charge < -0.3 is 5.32 Å². The average molecular weight is 224 g/mol. The maximum atomic E-state index is 11.8. The number of carbonyl (C=O) groups excluding carboxylic acids is 1. The van der Waals surface area contributed by atoms with Crippen LogP contribution in [0.5, 0.6) is 0 Å². The van der Waals surface area contributed by atoms with Crippen molar-refractivity contribution in [3.8, 4) is 0 Å². The van der Waals surface area contributed by atoms with Gasteiger partial charge in [-0.25, -0.2) is 0 Å². The second-order valence-corrected chi connectivity index (χ2v) is 4.55. The van der Waals surface area contributed by atoms with Crippen molar-refractivity contribution in [3.05, 3.63) is 34.3 Å². The number of rotatable bonds is 3. The van der Waals surface area contributed by atoms with E-state index in [0.29, 0.717) is 10.9 Å². The van der Waals surface area contributed by atoms with Crippen LogP contribution in [0.1, 0.15) is 28.8 Å². The highest BCUT2D eigenvalue weighted by atomic mass is 35.5. The Labute approximate surface area is 94.6 Å². The molecule has 2 nitrogen and oxygen atoms in total. The van der Waals surface area contributed by atoms with Gasteiger partial charge in [0.05, 0.1) is 0 Å². The molecule has 15 heavy (non-hydrogen) atoms. The monoisotopic (exact) mass is 223 g/mol. The van der Waals surface area contributed by atoms with Gasteiger partial charge in [-0.15, -0.1) is 0 Å². The predicted molar refractivity (Wildman–Crippen MR) is 61.2 cm³/mol. The van der Waals surface area contributed by atoms with Crippen molar-refractivity contribution in [3.63, 3.8) is 0 Å². The van der Waals surface area contributed by atoms with E-state index in [9.17, 15) is 4.79 Å². The molecule has 0 unspecified atom stereocenters. The number of nitrogens with one attached hydrogen (secondary N) is 1. The van der Waals surface area contributed by atoms with E-state index in [0.717, 1.165) is 17.7 Å². The van der Waals surface area contributed by atoms with E-state index in [1.165, 1.54) is 12.8 Å². The molecule has 0 aliphatic heterocycles. The van der Waals surface area contributed by atoms with Crippen molar-refractivity contribution >= 4 is 17.5 Å². The SMILES string of the molecule is Cc1cc(Cl)ccc1C(=O)NCC1CC1. The van der Waals surface area contributed by atoms with Crippen LogP contribution in [-0.2, 0) is 0 Å². The molecule has 1 aliphatic carbocycles. The Morgan fingerprint density at radius 3 is 2.87 bits per heavy atom. The summed E-state index contributed by atoms with van der Waals surface area (Å²) in [6.07, 6.45) is 2.50. The van der Waals surface area contributed by atoms with E-state index >= 15 is 0 Å². The van der Waals surface area contributed by atoms with Gasteiger partial charge in [0.1, 0.15) is 0 Å². The molecular formula is C12H14ClNO. The molecule has 1 fully saturated rings. The summed E-state index contributed by atoms with van der Waals surface area (Å²) in [6, 6.07) is 5.34. The van der Waals surface area contributed by atoms with Crippen LogP contribution in [0.25, 0.3) is 0 Å². The fourth-order valence-electron chi connectivity index (χ4n) is 1.54. The quantitative estimate of drug-likeness (QED) is 0.839. The molecular weight excluding hydrogens is 210 g/mol. The molecule has 0 saturated heterocycles. The number of hydrogen-bond donors (Lipinski definition) is 1. The largest absolute Gasteiger partial charge is 0.352 e. The Kier molecular flexibility index (Phi) is 2.96. The second-order valence-electron chi connectivity index (χ2n) is 4.11. The van der Waals surface area contributed by atoms with Crippen LogP contribution in [0.4, 0.5) is 0 Å². The summed E-state index contributed by atoms with van der Waals surface area (Å²) in [6.45, 7) is 2.71. The first-order valence-electron chi connectivity index (χ1n) is 5.21. The van der Waals surface area contributed by atoms with Crippen LogP contribution in [0.15, 0.2) is 18.2 Å². The lowest BCUT2D eigenvalue weighted by Crippen LogP contribution is -2.26. The van der Waals surface area contributed by atoms with Crippen molar-refractivity contribution in [2.45, 2.75) is 19.8 Å². The maximum absolute atomic E-state index is 11.8. The Morgan fingerprint density at radius 2 is 2.27 bits per heavy atom. The van der Waals surface area contributed by atoms with E-state index in [1.54, 1.807) is 12.1 Å². The van der Waals surface area contributed by atoms with Gasteiger partial charge in [-0.05, 0) is 49.4 Å². The van der Waals surface area contributed by atoms with Crippen molar-refractivity contribution < 1.29 is 4.79 Å². The molecule has 80 valence electrons. The molecule has 1 aliphatic rings. The fourth-order valence-corrected chi connectivity index (χ4v) is 1.76. The summed E-state index contributed by atoms with van der Waals surface area (Å²) >= 11 is 5.83. The third-order valence-electron chi connectivity index (χ3n) is 2.68. The van der Waals surface area contributed by atoms with E-state index in [4.69, 9.17) is 11.6 Å². The summed E-state index contributed by atoms with van der Waals surface area (Å²) in [5.41, 5.74) is 1.65. The molecule has 1 aromatic rings. The predicted octanol–water partition coefficient (Wildman–Crippen LogP) is 2.79. The minimum Gasteiger partial charge on any atom is -0.352 e. The lowest BCUT2D eigenvalue weighted by molar-refractivity contribution is 0.0951. The number of halogens is 1. The van der Waals surface area contributed by atoms with Gasteiger partial charge in [0.15, 0.2) is 0 Å². The Hall–Kier alpha value is -1.02. The van der Waals surface area contributed by atoms with Crippen LogP contribution in [0, 0.1) is 12.8 Å². The zero-order chi connectivity index (χ0) is 10.8. The highest BCUT2D eigenvalue weighted by molar-refractivity contribution is 6.30. The minimum atomic E-state index is 0.0102. The summed E-state index contributed by atoms with van der Waals surface area (Å²) in [5.74, 6) is 0.720. The first-order chi connectivity index (χ1) is 7.16. The molecule has 0 spiro atoms. The fraction of sp³-hybridized carbons (Fsp3) is 0.417. The van der Waals surface area contributed by atoms with Crippen LogP contribution >= 0.6 is 11.6 Å². The van der Waals surface area contributed by atoms with Gasteiger partial charge in [-0.2, -0.15) is 0 Å². The molecule has 0 aromatic heterocycles. The number of aryl methyl sites for hydroxylation is 1. The Bertz CT molecular complexity index is 385. The highest BCUT2D eigenvalue weighted by Gasteiger charge is 2.22. The molecule has 1 saturated carbocycles. The van der Waals surface area contributed by atoms with Crippen molar-refractivity contribution in [1.29, 1.82) is 0 Å². The van der Waals surface area contributed by atoms with Gasteiger partial charge in [-0.3, -0.25) is 4.79 Å². The zero-order valence-electron chi connectivity index (χ0n) is 8.72. The normalized spacial score (nSPS) is 15.1. The Balaban J connectivity index is 2.03. The Morgan fingerprint density at radius 1 is 1.53 bits per heavy atom. The van der Waals surface area contributed by atoms with Gasteiger partial charge in [0.2, 0.25) is 0 Å². The van der Waals surface area contributed by atoms with Crippen molar-refractivity contribution in [2.75, 3.05) is 6.54 Å². The summed E-state index contributed by atoms with van der Waals surface area (Å²) < 4.78 is 0. The van der Waals surface area contributed by atoms with Crippen LogP contribution in [0.3, 0.4) is 0 Å². The summed E-state index contributed by atoms with van der Waals surface area (Å²) in [7, 11) is 0. The zero-order valence-corrected chi connectivity index (χ0v) is 9.47. The summed E-state index contributed by atoms with van der Waals surface area (Å²) in [4.78, 5) is 11.8. The first kappa shape index (κ1) is 10.5. The average Bonchev–Trinajstić information content (AvgIpc) is 2.97. The topological polar surface area (TPSA) is 29.1 Å². The minimum absolute atomic E-state index is 0.0102. The lowest BCUT2D eigenvalue weighted by Gasteiger charge is -2.07. The molecule has 0 radical (unpaired) electrons. The molecule has 1 amide bonds. The van der Waals surface area contributed by atoms with Gasteiger partial charge in [0.25, 0.3) is 5.91 Å². The molecule has 1 aromatic carbocycles. The van der Waals surface area contributed by atoms with E-state index < -0.39 is 0 Å². The molecule has 0 heterocycles. The first-order valence-corrected chi connectivity index (χ1v) is 5.59. The molecule has 0 atom stereocenters. The summed E-state index contributed by atoms with van der Waals surface area (Å²) in [5, 5.41) is 3.61. The lowest BCUT2D eigenvalue weighted by atomic mass is 10.1. The van der Waals surface area contributed by atoms with Crippen LogP contribution in [-0.4, -0.2) is 12.5 Å². The molecule has 1 N–H and O–H groups in total. The third-order valence-corrected chi connectivity index (χ3v) is 2.92. The van der Waals surface area contributed by atoms with E-state index in [2.05, 4.69) is 5.32 Å². The van der Waals surface area contributed by atoms with E-state index in [1.807, 2.05) is 13.0 Å². The maximum Gasteiger partial charge on any atom is 0.251 e. The second kappa shape index (κ2) is 4.23. The molecule has 2 rings (SSSR count). The smallest absolute Gasteiger partial charge is 0.251 e. The standard InChI is InChI=1S/C12H14ClNO/c1-8-6-10(13)4-5-11(8)12(15)14-7-9-2-3-9/h4-6,9H,2-3,7H2,1H3,(H,14,15). The number of amides is 1. The number of benzene rings is 1. The van der Waals surface area contributed by atoms with Crippen LogP contribution < -0.4 is 5.32 Å². The number of carbonyl (C=O) groups is 1. The highest BCUT2D eigenvalue weighted by Crippen LogP contribution is 2.27. The van der Waals surface area contributed by atoms with Gasteiger partial charge in [-0.1, -0.05) is 11.6 Å². The molecule has 0 bridgehead atoms. The third kappa shape index (κ3) is 2.72. The van der Waals surface area contributed by atoms with Gasteiger partial charge in [0, 0.05) is 17.1 Å².